The highest BCUT2D eigenvalue weighted by Gasteiger charge is 2.17. The Morgan fingerprint density at radius 3 is 2.67 bits per heavy atom. The van der Waals surface area contributed by atoms with Gasteiger partial charge in [-0.2, -0.15) is 4.98 Å². The third-order valence-corrected chi connectivity index (χ3v) is 4.52. The van der Waals surface area contributed by atoms with Crippen LogP contribution in [0.3, 0.4) is 0 Å². The minimum Gasteiger partial charge on any atom is -0.493 e. The van der Waals surface area contributed by atoms with Crippen molar-refractivity contribution in [2.75, 3.05) is 0 Å². The van der Waals surface area contributed by atoms with E-state index in [2.05, 4.69) is 30.9 Å². The van der Waals surface area contributed by atoms with E-state index in [0.717, 1.165) is 5.69 Å². The van der Waals surface area contributed by atoms with Gasteiger partial charge in [-0.3, -0.25) is 4.79 Å². The summed E-state index contributed by atoms with van der Waals surface area (Å²) in [7, 11) is 0. The molecule has 0 aliphatic heterocycles. The Morgan fingerprint density at radius 2 is 2.05 bits per heavy atom. The summed E-state index contributed by atoms with van der Waals surface area (Å²) in [6, 6.07) is 7.16. The second-order valence-electron chi connectivity index (χ2n) is 4.39. The highest BCUT2D eigenvalue weighted by molar-refractivity contribution is 9.10. The van der Waals surface area contributed by atoms with Gasteiger partial charge < -0.3 is 10.1 Å². The van der Waals surface area contributed by atoms with Gasteiger partial charge in [0.25, 0.3) is 5.56 Å². The quantitative estimate of drug-likeness (QED) is 0.731. The van der Waals surface area contributed by atoms with Crippen LogP contribution in [-0.4, -0.2) is 20.1 Å². The minimum atomic E-state index is -0.405. The van der Waals surface area contributed by atoms with Crippen molar-refractivity contribution in [3.8, 4) is 27.8 Å². The lowest BCUT2D eigenvalue weighted by molar-refractivity contribution is 0.454. The molecule has 0 aliphatic carbocycles. The van der Waals surface area contributed by atoms with Crippen LogP contribution in [-0.2, 0) is 0 Å². The molecule has 106 valence electrons. The first kappa shape index (κ1) is 14.0. The molecule has 0 saturated carbocycles. The number of aromatic nitrogens is 3. The van der Waals surface area contributed by atoms with E-state index in [0.29, 0.717) is 15.0 Å². The molecule has 1 aromatic carbocycles. The number of aryl methyl sites for hydroxylation is 1. The fourth-order valence-corrected chi connectivity index (χ4v) is 3.16. The monoisotopic (exact) mass is 363 g/mol. The number of H-pyrrole nitrogens is 1. The lowest BCUT2D eigenvalue weighted by Gasteiger charge is -2.06. The third kappa shape index (κ3) is 2.62. The zero-order chi connectivity index (χ0) is 15.0. The molecule has 0 aliphatic rings. The van der Waals surface area contributed by atoms with Gasteiger partial charge in [0.15, 0.2) is 10.8 Å². The first-order chi connectivity index (χ1) is 10.1. The first-order valence-corrected chi connectivity index (χ1v) is 7.74. The van der Waals surface area contributed by atoms with Crippen LogP contribution >= 0.6 is 27.3 Å². The molecule has 3 rings (SSSR count). The number of benzene rings is 1. The highest BCUT2D eigenvalue weighted by atomic mass is 79.9. The molecule has 0 spiro atoms. The summed E-state index contributed by atoms with van der Waals surface area (Å²) >= 11 is 4.73. The number of aromatic amines is 1. The standard InChI is InChI=1S/C14H10BrN3O2S/c1-7-6-21-14(16-7)11-17-12(19)10(13(20)18-11)8-4-2-3-5-9(8)15/h2-6H,1H3,(H2,17,18,19,20). The van der Waals surface area contributed by atoms with E-state index in [-0.39, 0.29) is 17.3 Å². The van der Waals surface area contributed by atoms with Gasteiger partial charge in [0, 0.05) is 21.1 Å². The molecule has 0 unspecified atom stereocenters. The molecule has 0 fully saturated rings. The number of rotatable bonds is 2. The summed E-state index contributed by atoms with van der Waals surface area (Å²) in [5, 5.41) is 12.6. The van der Waals surface area contributed by atoms with Crippen LogP contribution in [0.2, 0.25) is 0 Å². The van der Waals surface area contributed by atoms with E-state index >= 15 is 0 Å². The van der Waals surface area contributed by atoms with Crippen LogP contribution < -0.4 is 5.56 Å². The van der Waals surface area contributed by atoms with Crippen molar-refractivity contribution < 1.29 is 5.11 Å². The molecule has 7 heteroatoms. The van der Waals surface area contributed by atoms with E-state index in [1.165, 1.54) is 11.3 Å². The van der Waals surface area contributed by atoms with Gasteiger partial charge in [-0.1, -0.05) is 34.1 Å². The average Bonchev–Trinajstić information content (AvgIpc) is 2.87. The maximum Gasteiger partial charge on any atom is 0.263 e. The van der Waals surface area contributed by atoms with E-state index < -0.39 is 5.56 Å². The Bertz CT molecular complexity index is 873. The molecule has 2 aromatic heterocycles. The van der Waals surface area contributed by atoms with Crippen molar-refractivity contribution in [2.24, 2.45) is 0 Å². The molecule has 0 radical (unpaired) electrons. The number of halogens is 1. The van der Waals surface area contributed by atoms with Crippen LogP contribution in [0.25, 0.3) is 22.0 Å². The Morgan fingerprint density at radius 1 is 1.29 bits per heavy atom. The number of hydrogen-bond acceptors (Lipinski definition) is 5. The van der Waals surface area contributed by atoms with Gasteiger partial charge in [-0.15, -0.1) is 11.3 Å². The largest absolute Gasteiger partial charge is 0.493 e. The van der Waals surface area contributed by atoms with Crippen molar-refractivity contribution in [3.63, 3.8) is 0 Å². The van der Waals surface area contributed by atoms with Crippen molar-refractivity contribution in [1.82, 2.24) is 15.0 Å². The Kier molecular flexibility index (Phi) is 3.60. The molecular formula is C14H10BrN3O2S. The van der Waals surface area contributed by atoms with E-state index in [9.17, 15) is 9.90 Å². The second-order valence-corrected chi connectivity index (χ2v) is 6.10. The van der Waals surface area contributed by atoms with Crippen molar-refractivity contribution in [1.29, 1.82) is 0 Å². The second kappa shape index (κ2) is 5.42. The van der Waals surface area contributed by atoms with Crippen LogP contribution in [0, 0.1) is 6.92 Å². The first-order valence-electron chi connectivity index (χ1n) is 6.07. The minimum absolute atomic E-state index is 0.138. The molecule has 0 saturated heterocycles. The number of aromatic hydroxyl groups is 1. The summed E-state index contributed by atoms with van der Waals surface area (Å²) < 4.78 is 0.713. The Labute approximate surface area is 132 Å². The molecule has 2 N–H and O–H groups in total. The molecule has 2 heterocycles. The van der Waals surface area contributed by atoms with E-state index in [1.54, 1.807) is 18.2 Å². The zero-order valence-corrected chi connectivity index (χ0v) is 13.3. The van der Waals surface area contributed by atoms with Crippen LogP contribution in [0.5, 0.6) is 5.88 Å². The van der Waals surface area contributed by atoms with E-state index in [4.69, 9.17) is 0 Å². The van der Waals surface area contributed by atoms with Crippen molar-refractivity contribution in [2.45, 2.75) is 6.92 Å². The van der Waals surface area contributed by atoms with Crippen molar-refractivity contribution >= 4 is 27.3 Å². The third-order valence-electron chi connectivity index (χ3n) is 2.87. The normalized spacial score (nSPS) is 10.8. The smallest absolute Gasteiger partial charge is 0.263 e. The number of thiazole rings is 1. The highest BCUT2D eigenvalue weighted by Crippen LogP contribution is 2.31. The van der Waals surface area contributed by atoms with Gasteiger partial charge in [0.2, 0.25) is 5.88 Å². The van der Waals surface area contributed by atoms with E-state index in [1.807, 2.05) is 18.4 Å². The number of nitrogens with one attached hydrogen (secondary N) is 1. The van der Waals surface area contributed by atoms with Crippen LogP contribution in [0.1, 0.15) is 5.69 Å². The molecule has 3 aromatic rings. The molecule has 21 heavy (non-hydrogen) atoms. The maximum atomic E-state index is 12.3. The fourth-order valence-electron chi connectivity index (χ4n) is 1.93. The zero-order valence-electron chi connectivity index (χ0n) is 10.9. The average molecular weight is 364 g/mol. The summed E-state index contributed by atoms with van der Waals surface area (Å²) in [6.07, 6.45) is 0. The Balaban J connectivity index is 2.18. The predicted molar refractivity (Wildman–Crippen MR) is 85.5 cm³/mol. The summed E-state index contributed by atoms with van der Waals surface area (Å²) in [5.74, 6) is -0.0418. The topological polar surface area (TPSA) is 78.9 Å². The van der Waals surface area contributed by atoms with Gasteiger partial charge in [-0.25, -0.2) is 4.98 Å². The summed E-state index contributed by atoms with van der Waals surface area (Å²) in [6.45, 7) is 1.85. The number of hydrogen-bond donors (Lipinski definition) is 2. The van der Waals surface area contributed by atoms with Gasteiger partial charge in [0.1, 0.15) is 5.56 Å². The fraction of sp³-hybridized carbons (Fsp3) is 0.0714. The maximum absolute atomic E-state index is 12.3. The van der Waals surface area contributed by atoms with Crippen LogP contribution in [0.15, 0.2) is 38.9 Å². The summed E-state index contributed by atoms with van der Waals surface area (Å²) in [4.78, 5) is 23.3. The molecule has 5 nitrogen and oxygen atoms in total. The molecular weight excluding hydrogens is 354 g/mol. The van der Waals surface area contributed by atoms with Gasteiger partial charge >= 0.3 is 0 Å². The van der Waals surface area contributed by atoms with Crippen molar-refractivity contribution in [3.05, 3.63) is 50.2 Å². The van der Waals surface area contributed by atoms with Crippen LogP contribution in [0.4, 0.5) is 0 Å². The molecule has 0 atom stereocenters. The van der Waals surface area contributed by atoms with Gasteiger partial charge in [-0.05, 0) is 13.0 Å². The van der Waals surface area contributed by atoms with Gasteiger partial charge in [0.05, 0.1) is 0 Å². The predicted octanol–water partition coefficient (Wildman–Crippen LogP) is 3.34. The molecule has 0 amide bonds. The number of nitrogens with zero attached hydrogens (tertiary/aromatic N) is 2. The SMILES string of the molecule is Cc1csc(-c2nc(O)c(-c3ccccc3Br)c(=O)[nH]2)n1. The lowest BCUT2D eigenvalue weighted by atomic mass is 10.1. The molecule has 0 bridgehead atoms. The lowest BCUT2D eigenvalue weighted by Crippen LogP contribution is -2.12. The Hall–Kier alpha value is -1.99. The summed E-state index contributed by atoms with van der Waals surface area (Å²) in [5.41, 5.74) is 1.16.